The van der Waals surface area contributed by atoms with E-state index >= 15 is 0 Å². The van der Waals surface area contributed by atoms with Gasteiger partial charge in [0.25, 0.3) is 0 Å². The molecule has 0 saturated carbocycles. The summed E-state index contributed by atoms with van der Waals surface area (Å²) in [6, 6.07) is 19.6. The van der Waals surface area contributed by atoms with Gasteiger partial charge in [0, 0.05) is 0 Å². The molecule has 0 aliphatic heterocycles. The summed E-state index contributed by atoms with van der Waals surface area (Å²) < 4.78 is 19.6. The summed E-state index contributed by atoms with van der Waals surface area (Å²) in [5, 5.41) is 0. The molecule has 0 N–H and O–H groups in total. The molecule has 128 valence electrons. The predicted molar refractivity (Wildman–Crippen MR) is 98.4 cm³/mol. The maximum absolute atomic E-state index is 14.0. The lowest BCUT2D eigenvalue weighted by Crippen LogP contribution is -2.25. The lowest BCUT2D eigenvalue weighted by atomic mass is 10.1. The van der Waals surface area contributed by atoms with Crippen LogP contribution in [0.3, 0.4) is 0 Å². The summed E-state index contributed by atoms with van der Waals surface area (Å²) in [6.45, 7) is 3.39. The molecule has 2 rings (SSSR count). The van der Waals surface area contributed by atoms with Crippen molar-refractivity contribution >= 4 is 14.4 Å². The Kier molecular flexibility index (Phi) is 6.73. The van der Waals surface area contributed by atoms with E-state index in [-0.39, 0.29) is 12.1 Å². The van der Waals surface area contributed by atoms with Crippen molar-refractivity contribution in [3.8, 4) is 0 Å². The van der Waals surface area contributed by atoms with Gasteiger partial charge in [0.2, 0.25) is 8.41 Å². The van der Waals surface area contributed by atoms with Crippen LogP contribution >= 0.6 is 0 Å². The zero-order chi connectivity index (χ0) is 17.4. The zero-order valence-electron chi connectivity index (χ0n) is 14.4. The van der Waals surface area contributed by atoms with Crippen LogP contribution in [0.5, 0.6) is 0 Å². The van der Waals surface area contributed by atoms with Crippen LogP contribution in [0.1, 0.15) is 28.8 Å². The summed E-state index contributed by atoms with van der Waals surface area (Å²) >= 11 is 0. The largest absolute Gasteiger partial charge is 0.459 e. The van der Waals surface area contributed by atoms with E-state index in [9.17, 15) is 8.90 Å². The number of ether oxygens (including phenoxy) is 1. The van der Waals surface area contributed by atoms with Crippen LogP contribution < -0.4 is 0 Å². The zero-order valence-corrected chi connectivity index (χ0v) is 15.4. The standard InChI is InChI=1S/C20H25FO2Si/c1-24(2,21)16-15-19(14-13-17-9-5-3-6-10-17)23-20(22)18-11-7-4-8-12-18/h3-12,19H,13-16H2,1-2H3. The van der Waals surface area contributed by atoms with Crippen molar-refractivity contribution < 1.29 is 13.6 Å². The molecule has 0 aromatic heterocycles. The van der Waals surface area contributed by atoms with Crippen molar-refractivity contribution in [3.63, 3.8) is 0 Å². The van der Waals surface area contributed by atoms with Crippen LogP contribution in [0.2, 0.25) is 19.1 Å². The molecule has 24 heavy (non-hydrogen) atoms. The summed E-state index contributed by atoms with van der Waals surface area (Å²) in [4.78, 5) is 12.3. The minimum absolute atomic E-state index is 0.250. The number of carbonyl (C=O) groups is 1. The highest BCUT2D eigenvalue weighted by Gasteiger charge is 2.24. The molecule has 0 fully saturated rings. The number of carbonyl (C=O) groups excluding carboxylic acids is 1. The van der Waals surface area contributed by atoms with Crippen molar-refractivity contribution in [3.05, 3.63) is 71.8 Å². The van der Waals surface area contributed by atoms with Crippen molar-refractivity contribution in [2.75, 3.05) is 0 Å². The molecule has 0 bridgehead atoms. The third kappa shape index (κ3) is 6.67. The molecule has 0 amide bonds. The van der Waals surface area contributed by atoms with Gasteiger partial charge < -0.3 is 8.84 Å². The Balaban J connectivity index is 1.97. The normalized spacial score (nSPS) is 12.6. The first-order valence-corrected chi connectivity index (χ1v) is 11.5. The maximum Gasteiger partial charge on any atom is 0.338 e. The topological polar surface area (TPSA) is 26.3 Å². The van der Waals surface area contributed by atoms with Crippen molar-refractivity contribution in [1.82, 2.24) is 0 Å². The molecule has 0 aliphatic rings. The molecule has 2 aromatic rings. The average molecular weight is 345 g/mol. The van der Waals surface area contributed by atoms with Gasteiger partial charge in [0.1, 0.15) is 6.10 Å². The smallest absolute Gasteiger partial charge is 0.338 e. The quantitative estimate of drug-likeness (QED) is 0.363. The lowest BCUT2D eigenvalue weighted by Gasteiger charge is -2.20. The molecule has 1 unspecified atom stereocenters. The molecular weight excluding hydrogens is 319 g/mol. The number of aryl methyl sites for hydroxylation is 1. The highest BCUT2D eigenvalue weighted by molar-refractivity contribution is 6.70. The molecule has 0 heterocycles. The highest BCUT2D eigenvalue weighted by atomic mass is 28.4. The van der Waals surface area contributed by atoms with Gasteiger partial charge in [-0.25, -0.2) is 4.79 Å². The molecule has 0 spiro atoms. The van der Waals surface area contributed by atoms with Crippen molar-refractivity contribution in [2.24, 2.45) is 0 Å². The summed E-state index contributed by atoms with van der Waals surface area (Å²) in [5.41, 5.74) is 1.74. The Morgan fingerprint density at radius 3 is 2.17 bits per heavy atom. The molecule has 0 saturated heterocycles. The monoisotopic (exact) mass is 344 g/mol. The SMILES string of the molecule is C[Si](C)(F)CCC(CCc1ccccc1)OC(=O)c1ccccc1. The van der Waals surface area contributed by atoms with E-state index in [1.165, 1.54) is 5.56 Å². The molecule has 0 radical (unpaired) electrons. The van der Waals surface area contributed by atoms with E-state index in [2.05, 4.69) is 12.1 Å². The van der Waals surface area contributed by atoms with Gasteiger partial charge in [0.05, 0.1) is 5.56 Å². The summed E-state index contributed by atoms with van der Waals surface area (Å²) in [6.07, 6.45) is 1.87. The Morgan fingerprint density at radius 2 is 1.58 bits per heavy atom. The van der Waals surface area contributed by atoms with Crippen LogP contribution in [0, 0.1) is 0 Å². The minimum atomic E-state index is -2.65. The molecular formula is C20H25FO2Si. The predicted octanol–water partition coefficient (Wildman–Crippen LogP) is 5.41. The van der Waals surface area contributed by atoms with Crippen molar-refractivity contribution in [1.29, 1.82) is 0 Å². The number of hydrogen-bond donors (Lipinski definition) is 0. The average Bonchev–Trinajstić information content (AvgIpc) is 2.58. The fourth-order valence-electron chi connectivity index (χ4n) is 2.53. The first-order valence-electron chi connectivity index (χ1n) is 8.43. The third-order valence-corrected chi connectivity index (χ3v) is 5.42. The van der Waals surface area contributed by atoms with Crippen LogP contribution in [0.25, 0.3) is 0 Å². The molecule has 4 heteroatoms. The second-order valence-corrected chi connectivity index (χ2v) is 10.6. The Morgan fingerprint density at radius 1 is 1.00 bits per heavy atom. The van der Waals surface area contributed by atoms with E-state index in [0.717, 1.165) is 6.42 Å². The van der Waals surface area contributed by atoms with Crippen LogP contribution in [0.15, 0.2) is 60.7 Å². The number of rotatable bonds is 8. The lowest BCUT2D eigenvalue weighted by molar-refractivity contribution is 0.0272. The van der Waals surface area contributed by atoms with Crippen LogP contribution in [-0.2, 0) is 11.2 Å². The van der Waals surface area contributed by atoms with Gasteiger partial charge >= 0.3 is 5.97 Å². The first kappa shape index (κ1) is 18.4. The Hall–Kier alpha value is -1.94. The maximum atomic E-state index is 14.0. The van der Waals surface area contributed by atoms with Crippen molar-refractivity contribution in [2.45, 2.75) is 44.5 Å². The van der Waals surface area contributed by atoms with E-state index in [0.29, 0.717) is 24.4 Å². The molecule has 2 aromatic carbocycles. The van der Waals surface area contributed by atoms with Gasteiger partial charge in [-0.15, -0.1) is 0 Å². The number of benzene rings is 2. The van der Waals surface area contributed by atoms with Gasteiger partial charge in [-0.3, -0.25) is 0 Å². The minimum Gasteiger partial charge on any atom is -0.459 e. The Labute approximate surface area is 144 Å². The molecule has 1 atom stereocenters. The van der Waals surface area contributed by atoms with Crippen LogP contribution in [-0.4, -0.2) is 20.5 Å². The number of esters is 1. The molecule has 2 nitrogen and oxygen atoms in total. The Bertz CT molecular complexity index is 623. The van der Waals surface area contributed by atoms with Gasteiger partial charge in [0.15, 0.2) is 0 Å². The van der Waals surface area contributed by atoms with Gasteiger partial charge in [-0.2, -0.15) is 0 Å². The fourth-order valence-corrected chi connectivity index (χ4v) is 3.54. The summed E-state index contributed by atoms with van der Waals surface area (Å²) in [7, 11) is -2.65. The summed E-state index contributed by atoms with van der Waals surface area (Å²) in [5.74, 6) is -0.327. The van der Waals surface area contributed by atoms with E-state index in [4.69, 9.17) is 4.74 Å². The second kappa shape index (κ2) is 8.78. The third-order valence-electron chi connectivity index (χ3n) is 3.94. The van der Waals surface area contributed by atoms with Crippen LogP contribution in [0.4, 0.5) is 4.11 Å². The van der Waals surface area contributed by atoms with E-state index in [1.54, 1.807) is 25.2 Å². The van der Waals surface area contributed by atoms with E-state index < -0.39 is 8.41 Å². The molecule has 0 aliphatic carbocycles. The van der Waals surface area contributed by atoms with Gasteiger partial charge in [-0.05, 0) is 56.1 Å². The van der Waals surface area contributed by atoms with Gasteiger partial charge in [-0.1, -0.05) is 48.5 Å². The first-order chi connectivity index (χ1) is 11.4. The van der Waals surface area contributed by atoms with E-state index in [1.807, 2.05) is 36.4 Å². The fraction of sp³-hybridized carbons (Fsp3) is 0.350. The highest BCUT2D eigenvalue weighted by Crippen LogP contribution is 2.20. The second-order valence-electron chi connectivity index (χ2n) is 6.67. The number of halogens is 1. The number of hydrogen-bond acceptors (Lipinski definition) is 2.